The van der Waals surface area contributed by atoms with Gasteiger partial charge in [0.05, 0.1) is 19.6 Å². The van der Waals surface area contributed by atoms with E-state index >= 15 is 0 Å². The average molecular weight is 432 g/mol. The monoisotopic (exact) mass is 431 g/mol. The molecule has 2 fully saturated rings. The number of nitrogens with zero attached hydrogens (tertiary/aromatic N) is 1. The van der Waals surface area contributed by atoms with Gasteiger partial charge in [0.2, 0.25) is 5.91 Å². The second-order valence-electron chi connectivity index (χ2n) is 9.66. The van der Waals surface area contributed by atoms with Gasteiger partial charge in [-0.25, -0.2) is 4.79 Å². The Labute approximate surface area is 185 Å². The minimum atomic E-state index is -0.543. The van der Waals surface area contributed by atoms with Crippen molar-refractivity contribution in [2.24, 2.45) is 0 Å². The van der Waals surface area contributed by atoms with E-state index in [4.69, 9.17) is 9.47 Å². The highest BCUT2D eigenvalue weighted by atomic mass is 16.6. The molecule has 172 valence electrons. The van der Waals surface area contributed by atoms with Crippen LogP contribution in [0, 0.1) is 0 Å². The zero-order chi connectivity index (χ0) is 22.3. The summed E-state index contributed by atoms with van der Waals surface area (Å²) in [6.07, 6.45) is 5.84. The molecule has 0 unspecified atom stereocenters. The van der Waals surface area contributed by atoms with Gasteiger partial charge in [0.15, 0.2) is 0 Å². The van der Waals surface area contributed by atoms with Crippen LogP contribution in [0.25, 0.3) is 0 Å². The number of anilines is 1. The highest BCUT2D eigenvalue weighted by Crippen LogP contribution is 2.33. The summed E-state index contributed by atoms with van der Waals surface area (Å²) in [5.74, 6) is 0.0334. The van der Waals surface area contributed by atoms with Crippen molar-refractivity contribution in [2.75, 3.05) is 38.2 Å². The van der Waals surface area contributed by atoms with Gasteiger partial charge in [-0.1, -0.05) is 31.4 Å². The summed E-state index contributed by atoms with van der Waals surface area (Å²) in [6.45, 7) is 9.62. The van der Waals surface area contributed by atoms with Crippen molar-refractivity contribution in [1.29, 1.82) is 0 Å². The summed E-state index contributed by atoms with van der Waals surface area (Å²) >= 11 is 0. The van der Waals surface area contributed by atoms with Gasteiger partial charge in [0.25, 0.3) is 0 Å². The minimum Gasteiger partial charge on any atom is -0.444 e. The fourth-order valence-electron chi connectivity index (χ4n) is 4.49. The van der Waals surface area contributed by atoms with Crippen LogP contribution in [0.15, 0.2) is 24.3 Å². The molecule has 0 spiro atoms. The molecule has 7 heteroatoms. The number of rotatable bonds is 6. The van der Waals surface area contributed by atoms with Crippen LogP contribution in [0.1, 0.15) is 58.4 Å². The van der Waals surface area contributed by atoms with Gasteiger partial charge in [-0.2, -0.15) is 0 Å². The quantitative estimate of drug-likeness (QED) is 0.718. The number of carbonyl (C=O) groups excluding carboxylic acids is 2. The SMILES string of the molecule is CC(C)(C)OC(=O)Nc1ccc(CC(=O)NCC2(N3CCOCC3)CCCCC2)cc1. The maximum Gasteiger partial charge on any atom is 0.412 e. The van der Waals surface area contributed by atoms with E-state index in [9.17, 15) is 9.59 Å². The maximum atomic E-state index is 12.7. The molecule has 2 aliphatic rings. The highest BCUT2D eigenvalue weighted by Gasteiger charge is 2.38. The molecule has 1 aliphatic carbocycles. The number of benzene rings is 1. The first-order valence-electron chi connectivity index (χ1n) is 11.4. The lowest BCUT2D eigenvalue weighted by Crippen LogP contribution is -2.59. The molecule has 1 aliphatic heterocycles. The van der Waals surface area contributed by atoms with Crippen molar-refractivity contribution in [3.8, 4) is 0 Å². The zero-order valence-electron chi connectivity index (χ0n) is 19.2. The van der Waals surface area contributed by atoms with Crippen LogP contribution < -0.4 is 10.6 Å². The largest absolute Gasteiger partial charge is 0.444 e. The first-order chi connectivity index (χ1) is 14.8. The lowest BCUT2D eigenvalue weighted by Gasteiger charge is -2.48. The number of nitrogens with one attached hydrogen (secondary N) is 2. The summed E-state index contributed by atoms with van der Waals surface area (Å²) in [5, 5.41) is 5.91. The van der Waals surface area contributed by atoms with Crippen LogP contribution in [0.4, 0.5) is 10.5 Å². The minimum absolute atomic E-state index is 0.0334. The third kappa shape index (κ3) is 7.21. The van der Waals surface area contributed by atoms with Crippen LogP contribution in [0.2, 0.25) is 0 Å². The number of hydrogen-bond acceptors (Lipinski definition) is 5. The molecule has 0 bridgehead atoms. The topological polar surface area (TPSA) is 79.9 Å². The Hall–Kier alpha value is -2.12. The van der Waals surface area contributed by atoms with Gasteiger partial charge in [-0.15, -0.1) is 0 Å². The number of hydrogen-bond donors (Lipinski definition) is 2. The van der Waals surface area contributed by atoms with Crippen molar-refractivity contribution < 1.29 is 19.1 Å². The predicted molar refractivity (Wildman–Crippen MR) is 121 cm³/mol. The van der Waals surface area contributed by atoms with Crippen LogP contribution in [0.3, 0.4) is 0 Å². The molecule has 0 atom stereocenters. The van der Waals surface area contributed by atoms with Gasteiger partial charge in [0, 0.05) is 30.9 Å². The van der Waals surface area contributed by atoms with Gasteiger partial charge in [0.1, 0.15) is 5.60 Å². The Kier molecular flexibility index (Phi) is 7.94. The molecular formula is C24H37N3O4. The first kappa shape index (κ1) is 23.5. The average Bonchev–Trinajstić information content (AvgIpc) is 2.74. The molecule has 31 heavy (non-hydrogen) atoms. The summed E-state index contributed by atoms with van der Waals surface area (Å²) in [5.41, 5.74) is 1.08. The molecule has 0 aromatic heterocycles. The summed E-state index contributed by atoms with van der Waals surface area (Å²) in [4.78, 5) is 27.1. The Morgan fingerprint density at radius 3 is 2.32 bits per heavy atom. The number of ether oxygens (including phenoxy) is 2. The molecule has 1 saturated carbocycles. The predicted octanol–water partition coefficient (Wildman–Crippen LogP) is 3.73. The Morgan fingerprint density at radius 1 is 1.06 bits per heavy atom. The fraction of sp³-hybridized carbons (Fsp3) is 0.667. The van der Waals surface area contributed by atoms with E-state index in [2.05, 4.69) is 15.5 Å². The third-order valence-electron chi connectivity index (χ3n) is 6.04. The second-order valence-corrected chi connectivity index (χ2v) is 9.66. The molecule has 1 aromatic rings. The fourth-order valence-corrected chi connectivity index (χ4v) is 4.49. The van der Waals surface area contributed by atoms with Crippen LogP contribution >= 0.6 is 0 Å². The van der Waals surface area contributed by atoms with E-state index in [0.29, 0.717) is 18.7 Å². The van der Waals surface area contributed by atoms with Crippen molar-refractivity contribution in [3.63, 3.8) is 0 Å². The first-order valence-corrected chi connectivity index (χ1v) is 11.4. The van der Waals surface area contributed by atoms with E-state index < -0.39 is 11.7 Å². The van der Waals surface area contributed by atoms with E-state index in [1.54, 1.807) is 12.1 Å². The van der Waals surface area contributed by atoms with Crippen LogP contribution in [0.5, 0.6) is 0 Å². The smallest absolute Gasteiger partial charge is 0.412 e. The molecule has 3 rings (SSSR count). The van der Waals surface area contributed by atoms with Crippen LogP contribution in [-0.4, -0.2) is 60.9 Å². The van der Waals surface area contributed by atoms with Crippen molar-refractivity contribution in [3.05, 3.63) is 29.8 Å². The molecule has 1 saturated heterocycles. The van der Waals surface area contributed by atoms with E-state index in [1.807, 2.05) is 32.9 Å². The van der Waals surface area contributed by atoms with Crippen molar-refractivity contribution in [1.82, 2.24) is 10.2 Å². The van der Waals surface area contributed by atoms with Crippen molar-refractivity contribution in [2.45, 2.75) is 70.4 Å². The van der Waals surface area contributed by atoms with Crippen molar-refractivity contribution >= 4 is 17.7 Å². The lowest BCUT2D eigenvalue weighted by molar-refractivity contribution is -0.121. The highest BCUT2D eigenvalue weighted by molar-refractivity contribution is 5.85. The normalized spacial score (nSPS) is 19.5. The molecule has 2 N–H and O–H groups in total. The van der Waals surface area contributed by atoms with Crippen LogP contribution in [-0.2, 0) is 20.7 Å². The number of morpholine rings is 1. The molecule has 2 amide bonds. The third-order valence-corrected chi connectivity index (χ3v) is 6.04. The van der Waals surface area contributed by atoms with Gasteiger partial charge >= 0.3 is 6.09 Å². The Morgan fingerprint density at radius 2 is 1.71 bits per heavy atom. The van der Waals surface area contributed by atoms with E-state index in [0.717, 1.165) is 44.7 Å². The van der Waals surface area contributed by atoms with Gasteiger partial charge < -0.3 is 14.8 Å². The van der Waals surface area contributed by atoms with E-state index in [-0.39, 0.29) is 11.4 Å². The standard InChI is InChI=1S/C24H37N3O4/c1-23(2,3)31-22(29)26-20-9-7-19(8-10-20)17-21(28)25-18-24(11-5-4-6-12-24)27-13-15-30-16-14-27/h7-10H,4-6,11-18H2,1-3H3,(H,25,28)(H,26,29). The summed E-state index contributed by atoms with van der Waals surface area (Å²) < 4.78 is 10.8. The zero-order valence-corrected chi connectivity index (χ0v) is 19.2. The molecular weight excluding hydrogens is 394 g/mol. The Balaban J connectivity index is 1.51. The molecule has 1 heterocycles. The Bertz CT molecular complexity index is 730. The number of carbonyl (C=O) groups is 2. The lowest BCUT2D eigenvalue weighted by atomic mass is 9.79. The van der Waals surface area contributed by atoms with E-state index in [1.165, 1.54) is 19.3 Å². The molecule has 7 nitrogen and oxygen atoms in total. The second kappa shape index (κ2) is 10.5. The number of amides is 2. The summed E-state index contributed by atoms with van der Waals surface area (Å²) in [6, 6.07) is 7.32. The van der Waals surface area contributed by atoms with Gasteiger partial charge in [-0.05, 0) is 51.3 Å². The maximum absolute atomic E-state index is 12.7. The summed E-state index contributed by atoms with van der Waals surface area (Å²) in [7, 11) is 0. The molecule has 0 radical (unpaired) electrons. The molecule has 1 aromatic carbocycles. The van der Waals surface area contributed by atoms with Gasteiger partial charge in [-0.3, -0.25) is 15.0 Å².